The van der Waals surface area contributed by atoms with Crippen molar-refractivity contribution in [3.05, 3.63) is 112 Å². The zero-order valence-corrected chi connectivity index (χ0v) is 23.0. The maximum Gasteiger partial charge on any atom is 0.301 e. The fourth-order valence-corrected chi connectivity index (χ4v) is 6.53. The summed E-state index contributed by atoms with van der Waals surface area (Å²) in [4.78, 5) is 32.9. The van der Waals surface area contributed by atoms with Crippen LogP contribution < -0.4 is 4.90 Å². The van der Waals surface area contributed by atoms with Gasteiger partial charge in [-0.1, -0.05) is 71.1 Å². The minimum Gasteiger partial charge on any atom is -0.505 e. The van der Waals surface area contributed by atoms with Gasteiger partial charge in [-0.25, -0.2) is 9.37 Å². The van der Waals surface area contributed by atoms with E-state index in [-0.39, 0.29) is 22.3 Å². The second kappa shape index (κ2) is 10.3. The van der Waals surface area contributed by atoms with Crippen LogP contribution in [0.3, 0.4) is 0 Å². The van der Waals surface area contributed by atoms with Gasteiger partial charge in [-0.05, 0) is 49.2 Å². The SMILES string of the molecule is Cc1ccc(C2C(=C(O)c3c(C)nc4ccccn34)C(=O)C(=O)N2c2nnc(SCc3ccc(F)cc3)s2)cc1. The number of ketones is 1. The molecule has 0 saturated carbocycles. The number of Topliss-reactive ketones (excluding diaryl/α,β-unsaturated/α-hetero) is 1. The molecular weight excluding hydrogens is 549 g/mol. The average molecular weight is 572 g/mol. The number of anilines is 1. The average Bonchev–Trinajstić information content (AvgIpc) is 3.62. The van der Waals surface area contributed by atoms with Crippen molar-refractivity contribution in [1.82, 2.24) is 19.6 Å². The molecule has 1 atom stereocenters. The van der Waals surface area contributed by atoms with Gasteiger partial charge in [0, 0.05) is 11.9 Å². The first-order valence-corrected chi connectivity index (χ1v) is 14.1. The minimum absolute atomic E-state index is 0.0432. The van der Waals surface area contributed by atoms with Crippen molar-refractivity contribution in [2.75, 3.05) is 4.90 Å². The molecule has 1 unspecified atom stereocenters. The molecule has 1 N–H and O–H groups in total. The number of pyridine rings is 1. The highest BCUT2D eigenvalue weighted by molar-refractivity contribution is 8.00. The third kappa shape index (κ3) is 4.56. The summed E-state index contributed by atoms with van der Waals surface area (Å²) in [6.07, 6.45) is 1.75. The monoisotopic (exact) mass is 571 g/mol. The number of halogens is 1. The van der Waals surface area contributed by atoms with Gasteiger partial charge in [0.25, 0.3) is 5.78 Å². The van der Waals surface area contributed by atoms with E-state index >= 15 is 0 Å². The van der Waals surface area contributed by atoms with Gasteiger partial charge in [-0.3, -0.25) is 18.9 Å². The standard InChI is InChI=1S/C29H22FN5O3S2/c1-16-6-10-19(11-7-16)24-22(25(36)23-17(2)31-21-5-3-4-14-34(21)23)26(37)27(38)35(24)28-32-33-29(40-28)39-15-18-8-12-20(30)13-9-18/h3-14,24,36H,15H2,1-2H3. The molecule has 1 aliphatic rings. The lowest BCUT2D eigenvalue weighted by atomic mass is 9.96. The molecule has 0 spiro atoms. The Bertz CT molecular complexity index is 1790. The Kier molecular flexibility index (Phi) is 6.68. The third-order valence-electron chi connectivity index (χ3n) is 6.64. The number of benzene rings is 2. The number of hydrogen-bond acceptors (Lipinski definition) is 8. The van der Waals surface area contributed by atoms with Crippen LogP contribution >= 0.6 is 23.1 Å². The summed E-state index contributed by atoms with van der Waals surface area (Å²) < 4.78 is 15.5. The van der Waals surface area contributed by atoms with Crippen LogP contribution in [0.15, 0.2) is 82.8 Å². The first-order chi connectivity index (χ1) is 19.3. The number of imidazole rings is 1. The van der Waals surface area contributed by atoms with Crippen molar-refractivity contribution in [2.24, 2.45) is 0 Å². The van der Waals surface area contributed by atoms with Crippen molar-refractivity contribution in [2.45, 2.75) is 30.0 Å². The van der Waals surface area contributed by atoms with Crippen LogP contribution in [0.2, 0.25) is 0 Å². The number of nitrogens with zero attached hydrogens (tertiary/aromatic N) is 5. The predicted octanol–water partition coefficient (Wildman–Crippen LogP) is 5.86. The lowest BCUT2D eigenvalue weighted by Gasteiger charge is -2.22. The van der Waals surface area contributed by atoms with Crippen LogP contribution in [0.25, 0.3) is 11.4 Å². The van der Waals surface area contributed by atoms with Crippen molar-refractivity contribution < 1.29 is 19.1 Å². The number of aliphatic hydroxyl groups excluding tert-OH is 1. The quantitative estimate of drug-likeness (QED) is 0.0896. The number of thioether (sulfide) groups is 1. The van der Waals surface area contributed by atoms with Crippen molar-refractivity contribution in [3.63, 3.8) is 0 Å². The molecular formula is C29H22FN5O3S2. The van der Waals surface area contributed by atoms with Crippen LogP contribution in [-0.4, -0.2) is 36.4 Å². The van der Waals surface area contributed by atoms with E-state index in [1.54, 1.807) is 41.8 Å². The lowest BCUT2D eigenvalue weighted by Crippen LogP contribution is -2.29. The van der Waals surface area contributed by atoms with Crippen LogP contribution in [0, 0.1) is 19.7 Å². The van der Waals surface area contributed by atoms with Crippen molar-refractivity contribution >= 4 is 51.3 Å². The summed E-state index contributed by atoms with van der Waals surface area (Å²) in [7, 11) is 0. The van der Waals surface area contributed by atoms with E-state index in [0.29, 0.717) is 32.7 Å². The normalized spacial score (nSPS) is 16.8. The van der Waals surface area contributed by atoms with Crippen LogP contribution in [-0.2, 0) is 15.3 Å². The molecule has 0 radical (unpaired) electrons. The molecule has 6 rings (SSSR count). The molecule has 0 bridgehead atoms. The number of fused-ring (bicyclic) bond motifs is 1. The molecule has 4 heterocycles. The van der Waals surface area contributed by atoms with Gasteiger partial charge in [0.2, 0.25) is 5.13 Å². The fraction of sp³-hybridized carbons (Fsp3) is 0.138. The van der Waals surface area contributed by atoms with E-state index in [0.717, 1.165) is 11.1 Å². The molecule has 8 nitrogen and oxygen atoms in total. The van der Waals surface area contributed by atoms with E-state index in [2.05, 4.69) is 15.2 Å². The first-order valence-electron chi connectivity index (χ1n) is 12.3. The first kappa shape index (κ1) is 25.9. The van der Waals surface area contributed by atoms with E-state index in [1.807, 2.05) is 37.3 Å². The Morgan fingerprint density at radius 1 is 1.02 bits per heavy atom. The summed E-state index contributed by atoms with van der Waals surface area (Å²) in [5, 5.41) is 20.3. The Labute approximate surface area is 236 Å². The van der Waals surface area contributed by atoms with Gasteiger partial charge < -0.3 is 5.11 Å². The maximum absolute atomic E-state index is 13.6. The Hall–Kier alpha value is -4.35. The highest BCUT2D eigenvalue weighted by Gasteiger charge is 2.48. The van der Waals surface area contributed by atoms with Crippen LogP contribution in [0.4, 0.5) is 9.52 Å². The van der Waals surface area contributed by atoms with Gasteiger partial charge in [-0.2, -0.15) is 0 Å². The second-order valence-electron chi connectivity index (χ2n) is 9.32. The number of aromatic nitrogens is 4. The van der Waals surface area contributed by atoms with Gasteiger partial charge in [0.05, 0.1) is 17.3 Å². The largest absolute Gasteiger partial charge is 0.505 e. The number of carbonyl (C=O) groups is 2. The molecule has 3 aromatic heterocycles. The summed E-state index contributed by atoms with van der Waals surface area (Å²) in [5.41, 5.74) is 3.99. The number of amides is 1. The third-order valence-corrected chi connectivity index (χ3v) is 8.77. The Morgan fingerprint density at radius 2 is 1.77 bits per heavy atom. The van der Waals surface area contributed by atoms with E-state index < -0.39 is 17.7 Å². The molecule has 1 amide bonds. The van der Waals surface area contributed by atoms with Crippen molar-refractivity contribution in [3.8, 4) is 0 Å². The zero-order valence-electron chi connectivity index (χ0n) is 21.4. The molecule has 200 valence electrons. The zero-order chi connectivity index (χ0) is 28.0. The second-order valence-corrected chi connectivity index (χ2v) is 11.5. The fourth-order valence-electron chi connectivity index (χ4n) is 4.70. The van der Waals surface area contributed by atoms with Gasteiger partial charge in [0.15, 0.2) is 10.1 Å². The summed E-state index contributed by atoms with van der Waals surface area (Å²) >= 11 is 2.57. The summed E-state index contributed by atoms with van der Waals surface area (Å²) in [6.45, 7) is 3.69. The van der Waals surface area contributed by atoms with Crippen LogP contribution in [0.5, 0.6) is 0 Å². The van der Waals surface area contributed by atoms with Gasteiger partial charge in [0.1, 0.15) is 17.2 Å². The number of aryl methyl sites for hydroxylation is 2. The van der Waals surface area contributed by atoms with Crippen LogP contribution in [0.1, 0.15) is 34.1 Å². The number of rotatable bonds is 6. The maximum atomic E-state index is 13.6. The number of carbonyl (C=O) groups excluding carboxylic acids is 2. The molecule has 5 aromatic rings. The summed E-state index contributed by atoms with van der Waals surface area (Å²) in [6, 6.07) is 18.1. The molecule has 1 fully saturated rings. The minimum atomic E-state index is -0.919. The van der Waals surface area contributed by atoms with E-state index in [4.69, 9.17) is 0 Å². The summed E-state index contributed by atoms with van der Waals surface area (Å²) in [5.74, 6) is -1.70. The lowest BCUT2D eigenvalue weighted by molar-refractivity contribution is -0.132. The highest BCUT2D eigenvalue weighted by Crippen LogP contribution is 2.44. The molecule has 1 aliphatic heterocycles. The molecule has 1 saturated heterocycles. The predicted molar refractivity (Wildman–Crippen MR) is 152 cm³/mol. The number of hydrogen-bond donors (Lipinski definition) is 1. The smallest absolute Gasteiger partial charge is 0.301 e. The Balaban J connectivity index is 1.43. The number of aliphatic hydroxyl groups is 1. The topological polar surface area (TPSA) is 101 Å². The van der Waals surface area contributed by atoms with E-state index in [1.165, 1.54) is 40.1 Å². The van der Waals surface area contributed by atoms with Gasteiger partial charge in [-0.15, -0.1) is 10.2 Å². The van der Waals surface area contributed by atoms with E-state index in [9.17, 15) is 19.1 Å². The highest BCUT2D eigenvalue weighted by atomic mass is 32.2. The molecule has 0 aliphatic carbocycles. The molecule has 11 heteroatoms. The van der Waals surface area contributed by atoms with Gasteiger partial charge >= 0.3 is 5.91 Å². The Morgan fingerprint density at radius 3 is 2.52 bits per heavy atom. The molecule has 2 aromatic carbocycles. The molecule has 40 heavy (non-hydrogen) atoms. The van der Waals surface area contributed by atoms with Crippen molar-refractivity contribution in [1.29, 1.82) is 0 Å².